The molecule has 0 aliphatic heterocycles. The van der Waals surface area contributed by atoms with Crippen molar-refractivity contribution >= 4 is 22.6 Å². The van der Waals surface area contributed by atoms with E-state index in [-0.39, 0.29) is 18.4 Å². The van der Waals surface area contributed by atoms with Gasteiger partial charge in [0.2, 0.25) is 5.91 Å². The van der Waals surface area contributed by atoms with Gasteiger partial charge in [0.1, 0.15) is 5.75 Å². The highest BCUT2D eigenvalue weighted by molar-refractivity contribution is 5.88. The molecule has 2 aromatic rings. The molecule has 0 spiro atoms. The third kappa shape index (κ3) is 3.85. The van der Waals surface area contributed by atoms with Gasteiger partial charge < -0.3 is 15.2 Å². The summed E-state index contributed by atoms with van der Waals surface area (Å²) in [5.74, 6) is -0.690. The molecule has 5 heteroatoms. The predicted octanol–water partition coefficient (Wildman–Crippen LogP) is 3.18. The van der Waals surface area contributed by atoms with Gasteiger partial charge in [-0.05, 0) is 49.2 Å². The first-order valence-corrected chi connectivity index (χ1v) is 7.83. The monoisotopic (exact) mass is 329 g/mol. The first kappa shape index (κ1) is 17.8. The van der Waals surface area contributed by atoms with Crippen LogP contribution in [0.2, 0.25) is 0 Å². The summed E-state index contributed by atoms with van der Waals surface area (Å²) >= 11 is 0. The number of carboxylic acid groups (broad SMARTS) is 1. The minimum atomic E-state index is -0.991. The second kappa shape index (κ2) is 6.91. The number of hydrogen-bond donors (Lipinski definition) is 2. The number of ether oxygens (including phenoxy) is 1. The second-order valence-electron chi connectivity index (χ2n) is 6.60. The summed E-state index contributed by atoms with van der Waals surface area (Å²) in [5.41, 5.74) is -0.103. The molecule has 0 fully saturated rings. The predicted molar refractivity (Wildman–Crippen MR) is 93.3 cm³/mol. The van der Waals surface area contributed by atoms with Gasteiger partial charge in [-0.2, -0.15) is 0 Å². The molecule has 0 aliphatic rings. The van der Waals surface area contributed by atoms with Gasteiger partial charge in [-0.25, -0.2) is 0 Å². The molecule has 0 bridgehead atoms. The van der Waals surface area contributed by atoms with Crippen molar-refractivity contribution in [3.63, 3.8) is 0 Å². The lowest BCUT2D eigenvalue weighted by atomic mass is 9.92. The molecular formula is C19H23NO4. The number of methoxy groups -OCH3 is 1. The smallest absolute Gasteiger partial charge is 0.310 e. The van der Waals surface area contributed by atoms with E-state index in [0.29, 0.717) is 0 Å². The second-order valence-corrected chi connectivity index (χ2v) is 6.60. The van der Waals surface area contributed by atoms with Crippen LogP contribution in [-0.2, 0) is 9.59 Å². The summed E-state index contributed by atoms with van der Waals surface area (Å²) in [6.07, 6.45) is 0. The number of nitrogens with one attached hydrogen (secondary N) is 1. The van der Waals surface area contributed by atoms with E-state index < -0.39 is 11.4 Å². The molecule has 0 aromatic heterocycles. The number of carbonyl (C=O) groups is 2. The van der Waals surface area contributed by atoms with Gasteiger partial charge >= 0.3 is 5.97 Å². The van der Waals surface area contributed by atoms with Gasteiger partial charge in [-0.15, -0.1) is 0 Å². The Morgan fingerprint density at radius 1 is 1.17 bits per heavy atom. The van der Waals surface area contributed by atoms with Crippen molar-refractivity contribution < 1.29 is 19.4 Å². The standard InChI is InChI=1S/C19H23NO4/c1-12(17(21)20-11-19(2,3)18(22)23)13-5-6-15-10-16(24-4)8-7-14(15)9-13/h5-10,12H,11H2,1-4H3,(H,20,21)(H,22,23). The third-order valence-corrected chi connectivity index (χ3v) is 4.25. The SMILES string of the molecule is COc1ccc2cc(C(C)C(=O)NCC(C)(C)C(=O)O)ccc2c1. The molecule has 0 saturated heterocycles. The fourth-order valence-corrected chi connectivity index (χ4v) is 2.33. The zero-order valence-corrected chi connectivity index (χ0v) is 14.4. The Hall–Kier alpha value is -2.56. The molecule has 2 N–H and O–H groups in total. The Morgan fingerprint density at radius 2 is 1.79 bits per heavy atom. The average molecular weight is 329 g/mol. The van der Waals surface area contributed by atoms with Crippen LogP contribution in [-0.4, -0.2) is 30.6 Å². The van der Waals surface area contributed by atoms with Crippen LogP contribution in [0.3, 0.4) is 0 Å². The number of amides is 1. The van der Waals surface area contributed by atoms with Crippen LogP contribution in [0.4, 0.5) is 0 Å². The Labute approximate surface area is 141 Å². The summed E-state index contributed by atoms with van der Waals surface area (Å²) in [5, 5.41) is 13.9. The Morgan fingerprint density at radius 3 is 2.42 bits per heavy atom. The highest BCUT2D eigenvalue weighted by atomic mass is 16.5. The highest BCUT2D eigenvalue weighted by Crippen LogP contribution is 2.25. The maximum Gasteiger partial charge on any atom is 0.310 e. The Balaban J connectivity index is 2.14. The lowest BCUT2D eigenvalue weighted by Gasteiger charge is -2.21. The molecule has 1 atom stereocenters. The summed E-state index contributed by atoms with van der Waals surface area (Å²) in [6, 6.07) is 11.6. The Kier molecular flexibility index (Phi) is 5.12. The van der Waals surface area contributed by atoms with Gasteiger partial charge in [0.15, 0.2) is 0 Å². The van der Waals surface area contributed by atoms with Crippen molar-refractivity contribution in [1.82, 2.24) is 5.32 Å². The number of carbonyl (C=O) groups excluding carboxylic acids is 1. The molecule has 0 saturated carbocycles. The van der Waals surface area contributed by atoms with Crippen LogP contribution in [0, 0.1) is 5.41 Å². The topological polar surface area (TPSA) is 75.6 Å². The van der Waals surface area contributed by atoms with E-state index in [2.05, 4.69) is 5.32 Å². The van der Waals surface area contributed by atoms with Crippen molar-refractivity contribution in [3.8, 4) is 5.75 Å². The fourth-order valence-electron chi connectivity index (χ4n) is 2.33. The molecule has 1 unspecified atom stereocenters. The number of carboxylic acids is 1. The van der Waals surface area contributed by atoms with Gasteiger partial charge in [0.25, 0.3) is 0 Å². The summed E-state index contributed by atoms with van der Waals surface area (Å²) in [4.78, 5) is 23.4. The van der Waals surface area contributed by atoms with Crippen LogP contribution in [0.25, 0.3) is 10.8 Å². The number of fused-ring (bicyclic) bond motifs is 1. The molecule has 5 nitrogen and oxygen atoms in total. The molecule has 128 valence electrons. The summed E-state index contributed by atoms with van der Waals surface area (Å²) in [7, 11) is 1.63. The van der Waals surface area contributed by atoms with E-state index >= 15 is 0 Å². The maximum atomic E-state index is 12.3. The van der Waals surface area contributed by atoms with Crippen molar-refractivity contribution in [1.29, 1.82) is 0 Å². The van der Waals surface area contributed by atoms with E-state index in [1.54, 1.807) is 21.0 Å². The van der Waals surface area contributed by atoms with E-state index in [4.69, 9.17) is 9.84 Å². The zero-order chi connectivity index (χ0) is 17.9. The van der Waals surface area contributed by atoms with Crippen molar-refractivity contribution in [3.05, 3.63) is 42.0 Å². The average Bonchev–Trinajstić information content (AvgIpc) is 2.57. The van der Waals surface area contributed by atoms with E-state index in [0.717, 1.165) is 22.1 Å². The van der Waals surface area contributed by atoms with Crippen LogP contribution < -0.4 is 10.1 Å². The van der Waals surface area contributed by atoms with E-state index in [9.17, 15) is 9.59 Å². The Bertz CT molecular complexity index is 767. The molecule has 0 heterocycles. The minimum absolute atomic E-state index is 0.0935. The van der Waals surface area contributed by atoms with Crippen molar-refractivity contribution in [2.75, 3.05) is 13.7 Å². The first-order valence-electron chi connectivity index (χ1n) is 7.83. The van der Waals surface area contributed by atoms with Gasteiger partial charge in [0, 0.05) is 6.54 Å². The summed E-state index contributed by atoms with van der Waals surface area (Å²) < 4.78 is 5.21. The number of hydrogen-bond acceptors (Lipinski definition) is 3. The minimum Gasteiger partial charge on any atom is -0.497 e. The van der Waals surface area contributed by atoms with E-state index in [1.807, 2.05) is 43.3 Å². The van der Waals surface area contributed by atoms with Crippen LogP contribution in [0.5, 0.6) is 5.75 Å². The van der Waals surface area contributed by atoms with Crippen LogP contribution in [0.1, 0.15) is 32.3 Å². The largest absolute Gasteiger partial charge is 0.497 e. The molecule has 2 rings (SSSR count). The fraction of sp³-hybridized carbons (Fsp3) is 0.368. The highest BCUT2D eigenvalue weighted by Gasteiger charge is 2.28. The van der Waals surface area contributed by atoms with Crippen LogP contribution >= 0.6 is 0 Å². The maximum absolute atomic E-state index is 12.3. The number of benzene rings is 2. The quantitative estimate of drug-likeness (QED) is 0.853. The normalized spacial score (nSPS) is 12.7. The molecule has 0 aliphatic carbocycles. The number of rotatable bonds is 6. The van der Waals surface area contributed by atoms with Crippen molar-refractivity contribution in [2.24, 2.45) is 5.41 Å². The molecular weight excluding hydrogens is 306 g/mol. The molecule has 24 heavy (non-hydrogen) atoms. The molecule has 2 aromatic carbocycles. The lowest BCUT2D eigenvalue weighted by molar-refractivity contribution is -0.146. The molecule has 1 amide bonds. The van der Waals surface area contributed by atoms with Gasteiger partial charge in [-0.3, -0.25) is 9.59 Å². The van der Waals surface area contributed by atoms with E-state index in [1.165, 1.54) is 0 Å². The summed E-state index contributed by atoms with van der Waals surface area (Å²) in [6.45, 7) is 5.08. The zero-order valence-electron chi connectivity index (χ0n) is 14.4. The third-order valence-electron chi connectivity index (χ3n) is 4.25. The van der Waals surface area contributed by atoms with Crippen molar-refractivity contribution in [2.45, 2.75) is 26.7 Å². The number of aliphatic carboxylic acids is 1. The van der Waals surface area contributed by atoms with Crippen LogP contribution in [0.15, 0.2) is 36.4 Å². The lowest BCUT2D eigenvalue weighted by Crippen LogP contribution is -2.40. The van der Waals surface area contributed by atoms with Gasteiger partial charge in [0.05, 0.1) is 18.4 Å². The van der Waals surface area contributed by atoms with Gasteiger partial charge in [-0.1, -0.05) is 24.3 Å². The first-order chi connectivity index (χ1) is 11.2. The molecule has 0 radical (unpaired) electrons.